The maximum atomic E-state index is 14.3. The van der Waals surface area contributed by atoms with Crippen LogP contribution in [0.4, 0.5) is 4.39 Å². The van der Waals surface area contributed by atoms with E-state index >= 15 is 0 Å². The number of alkyl halides is 1. The van der Waals surface area contributed by atoms with Crippen LogP contribution >= 0.6 is 11.3 Å². The number of aromatic nitrogens is 1. The SMILES string of the molecule is C/C(=C\c1csc(C)n1)[C@H](C[C@@H]1O[C@]1(CF)CCC[C@H](C)COC1CCCCO1)O[Si](C)(C)C(C)(C)C. The van der Waals surface area contributed by atoms with Gasteiger partial charge in [0.15, 0.2) is 14.6 Å². The molecule has 5 atom stereocenters. The van der Waals surface area contributed by atoms with Crippen LogP contribution in [0, 0.1) is 12.8 Å². The fourth-order valence-electron chi connectivity index (χ4n) is 4.69. The number of aryl methyl sites for hydroxylation is 1. The number of halogens is 1. The molecule has 1 aromatic rings. The predicted molar refractivity (Wildman–Crippen MR) is 153 cm³/mol. The number of rotatable bonds is 14. The van der Waals surface area contributed by atoms with Gasteiger partial charge in [0.05, 0.1) is 29.5 Å². The molecule has 0 spiro atoms. The minimum atomic E-state index is -2.03. The lowest BCUT2D eigenvalue weighted by Crippen LogP contribution is -2.44. The Labute approximate surface area is 229 Å². The van der Waals surface area contributed by atoms with Gasteiger partial charge in [0.2, 0.25) is 0 Å². The molecular weight excluding hydrogens is 505 g/mol. The quantitative estimate of drug-likeness (QED) is 0.171. The van der Waals surface area contributed by atoms with E-state index in [1.807, 2.05) is 6.92 Å². The van der Waals surface area contributed by atoms with Gasteiger partial charge in [-0.2, -0.15) is 0 Å². The molecule has 0 aliphatic carbocycles. The van der Waals surface area contributed by atoms with E-state index in [0.29, 0.717) is 18.9 Å². The van der Waals surface area contributed by atoms with Gasteiger partial charge in [0.25, 0.3) is 0 Å². The van der Waals surface area contributed by atoms with Crippen LogP contribution in [0.2, 0.25) is 18.1 Å². The zero-order chi connectivity index (χ0) is 27.3. The first-order valence-electron chi connectivity index (χ1n) is 14.1. The molecule has 212 valence electrons. The van der Waals surface area contributed by atoms with Gasteiger partial charge in [-0.05, 0) is 81.7 Å². The minimum Gasteiger partial charge on any atom is -0.410 e. The lowest BCUT2D eigenvalue weighted by atomic mass is 9.92. The van der Waals surface area contributed by atoms with Crippen LogP contribution in [0.15, 0.2) is 11.0 Å². The lowest BCUT2D eigenvalue weighted by molar-refractivity contribution is -0.168. The highest BCUT2D eigenvalue weighted by Gasteiger charge is 2.57. The first kappa shape index (κ1) is 30.9. The second kappa shape index (κ2) is 13.1. The van der Waals surface area contributed by atoms with E-state index in [9.17, 15) is 4.39 Å². The number of thiazole rings is 1. The third-order valence-corrected chi connectivity index (χ3v) is 13.6. The normalized spacial score (nSPS) is 26.8. The van der Waals surface area contributed by atoms with Crippen molar-refractivity contribution in [2.24, 2.45) is 5.92 Å². The lowest BCUT2D eigenvalue weighted by Gasteiger charge is -2.39. The molecule has 8 heteroatoms. The van der Waals surface area contributed by atoms with E-state index in [1.165, 1.54) is 6.42 Å². The Bertz CT molecular complexity index is 880. The molecule has 0 aromatic carbocycles. The molecule has 5 nitrogen and oxygen atoms in total. The molecule has 3 rings (SSSR count). The van der Waals surface area contributed by atoms with Crippen LogP contribution in [0.3, 0.4) is 0 Å². The summed E-state index contributed by atoms with van der Waals surface area (Å²) in [7, 11) is -2.03. The highest BCUT2D eigenvalue weighted by Crippen LogP contribution is 2.47. The molecule has 2 fully saturated rings. The Morgan fingerprint density at radius 1 is 1.35 bits per heavy atom. The fraction of sp³-hybridized carbons (Fsp3) is 0.828. The van der Waals surface area contributed by atoms with Crippen molar-refractivity contribution >= 4 is 25.7 Å². The van der Waals surface area contributed by atoms with Crippen LogP contribution in [-0.4, -0.2) is 57.3 Å². The summed E-state index contributed by atoms with van der Waals surface area (Å²) in [4.78, 5) is 4.61. The van der Waals surface area contributed by atoms with E-state index in [2.05, 4.69) is 64.2 Å². The highest BCUT2D eigenvalue weighted by atomic mass is 32.1. The Balaban J connectivity index is 1.56. The standard InChI is InChI=1S/C29H50FNO4SSi/c1-21(18-33-27-13-9-10-15-32-27)12-11-14-29(20-30)26(34-29)17-25(35-37(7,8)28(4,5)6)22(2)16-24-19-36-23(3)31-24/h16,19,21,25-27H,9-15,17-18,20H2,1-8H3/b22-16+/t21-,25-,26-,27?,29-/m0/s1. The Kier molecular flexibility index (Phi) is 11.0. The van der Waals surface area contributed by atoms with Crippen LogP contribution in [-0.2, 0) is 18.6 Å². The summed E-state index contributed by atoms with van der Waals surface area (Å²) in [5.41, 5.74) is 1.43. The molecule has 0 bridgehead atoms. The largest absolute Gasteiger partial charge is 0.410 e. The van der Waals surface area contributed by atoms with E-state index in [0.717, 1.165) is 55.0 Å². The van der Waals surface area contributed by atoms with Crippen LogP contribution < -0.4 is 0 Å². The van der Waals surface area contributed by atoms with E-state index in [4.69, 9.17) is 18.6 Å². The smallest absolute Gasteiger partial charge is 0.192 e. The molecule has 0 N–H and O–H groups in total. The number of nitrogens with zero attached hydrogens (tertiary/aromatic N) is 1. The fourth-order valence-corrected chi connectivity index (χ4v) is 6.61. The van der Waals surface area contributed by atoms with Crippen molar-refractivity contribution in [1.29, 1.82) is 0 Å². The second-order valence-electron chi connectivity index (χ2n) is 12.7. The zero-order valence-corrected chi connectivity index (χ0v) is 26.2. The average Bonchev–Trinajstić information content (AvgIpc) is 3.36. The maximum Gasteiger partial charge on any atom is 0.192 e. The van der Waals surface area contributed by atoms with Gasteiger partial charge < -0.3 is 18.6 Å². The van der Waals surface area contributed by atoms with Crippen LogP contribution in [0.1, 0.15) is 90.3 Å². The molecule has 37 heavy (non-hydrogen) atoms. The summed E-state index contributed by atoms with van der Waals surface area (Å²) in [6.45, 7) is 18.7. The number of hydrogen-bond donors (Lipinski definition) is 0. The van der Waals surface area contributed by atoms with Gasteiger partial charge in [0.1, 0.15) is 12.3 Å². The number of hydrogen-bond acceptors (Lipinski definition) is 6. The summed E-state index contributed by atoms with van der Waals surface area (Å²) in [5.74, 6) is 0.417. The van der Waals surface area contributed by atoms with Gasteiger partial charge >= 0.3 is 0 Å². The van der Waals surface area contributed by atoms with Gasteiger partial charge in [-0.1, -0.05) is 34.1 Å². The van der Waals surface area contributed by atoms with Crippen LogP contribution in [0.25, 0.3) is 6.08 Å². The third-order valence-electron chi connectivity index (χ3n) is 8.33. The van der Waals surface area contributed by atoms with Crippen molar-refractivity contribution in [2.45, 2.75) is 129 Å². The number of ether oxygens (including phenoxy) is 3. The van der Waals surface area contributed by atoms with Crippen molar-refractivity contribution in [3.63, 3.8) is 0 Å². The summed E-state index contributed by atoms with van der Waals surface area (Å²) in [6.07, 6.45) is 8.48. The zero-order valence-electron chi connectivity index (χ0n) is 24.4. The topological polar surface area (TPSA) is 53.1 Å². The molecule has 1 aromatic heterocycles. The Morgan fingerprint density at radius 2 is 2.11 bits per heavy atom. The highest BCUT2D eigenvalue weighted by molar-refractivity contribution is 7.09. The van der Waals surface area contributed by atoms with Crippen LogP contribution in [0.5, 0.6) is 0 Å². The van der Waals surface area contributed by atoms with Gasteiger partial charge in [-0.3, -0.25) is 0 Å². The van der Waals surface area contributed by atoms with E-state index in [1.54, 1.807) is 11.3 Å². The molecule has 1 unspecified atom stereocenters. The molecule has 2 aliphatic rings. The minimum absolute atomic E-state index is 0.0492. The first-order chi connectivity index (χ1) is 17.3. The van der Waals surface area contributed by atoms with Crippen molar-refractivity contribution in [2.75, 3.05) is 19.9 Å². The summed E-state index contributed by atoms with van der Waals surface area (Å²) in [5, 5.41) is 3.21. The number of epoxide rings is 1. The first-order valence-corrected chi connectivity index (χ1v) is 17.9. The van der Waals surface area contributed by atoms with Crippen molar-refractivity contribution in [3.8, 4) is 0 Å². The molecule has 2 aliphatic heterocycles. The monoisotopic (exact) mass is 555 g/mol. The molecule has 0 amide bonds. The molecule has 2 saturated heterocycles. The van der Waals surface area contributed by atoms with Gasteiger partial charge in [-0.15, -0.1) is 11.3 Å². The van der Waals surface area contributed by atoms with Crippen molar-refractivity contribution < 1.29 is 23.0 Å². The van der Waals surface area contributed by atoms with Gasteiger partial charge in [0, 0.05) is 18.4 Å². The predicted octanol–water partition coefficient (Wildman–Crippen LogP) is 8.09. The molecule has 0 radical (unpaired) electrons. The summed E-state index contributed by atoms with van der Waals surface area (Å²) >= 11 is 1.65. The van der Waals surface area contributed by atoms with Crippen molar-refractivity contribution in [1.82, 2.24) is 4.98 Å². The Morgan fingerprint density at radius 3 is 2.70 bits per heavy atom. The molecular formula is C29H50FNO4SSi. The molecule has 3 heterocycles. The van der Waals surface area contributed by atoms with E-state index < -0.39 is 20.6 Å². The van der Waals surface area contributed by atoms with E-state index in [-0.39, 0.29) is 23.5 Å². The Hall–Kier alpha value is -0.643. The third kappa shape index (κ3) is 8.93. The summed E-state index contributed by atoms with van der Waals surface area (Å²) < 4.78 is 38.9. The summed E-state index contributed by atoms with van der Waals surface area (Å²) in [6, 6.07) is 0. The van der Waals surface area contributed by atoms with Crippen molar-refractivity contribution in [3.05, 3.63) is 21.7 Å². The van der Waals surface area contributed by atoms with Gasteiger partial charge in [-0.25, -0.2) is 9.37 Å². The maximum absolute atomic E-state index is 14.3. The second-order valence-corrected chi connectivity index (χ2v) is 18.5. The molecule has 0 saturated carbocycles. The average molecular weight is 556 g/mol.